The summed E-state index contributed by atoms with van der Waals surface area (Å²) < 4.78 is 0. The van der Waals surface area contributed by atoms with Gasteiger partial charge in [0.25, 0.3) is 0 Å². The summed E-state index contributed by atoms with van der Waals surface area (Å²) in [7, 11) is 0. The lowest BCUT2D eigenvalue weighted by atomic mass is 9.98. The summed E-state index contributed by atoms with van der Waals surface area (Å²) in [6.45, 7) is 5.21. The van der Waals surface area contributed by atoms with E-state index in [4.69, 9.17) is 5.11 Å². The Morgan fingerprint density at radius 1 is 1.33 bits per heavy atom. The molecule has 0 aliphatic heterocycles. The van der Waals surface area contributed by atoms with E-state index in [-0.39, 0.29) is 0 Å². The third-order valence-corrected chi connectivity index (χ3v) is 2.84. The Hall–Kier alpha value is -2.24. The zero-order valence-electron chi connectivity index (χ0n) is 10.4. The van der Waals surface area contributed by atoms with Crippen molar-refractivity contribution in [3.05, 3.63) is 29.3 Å². The SMILES string of the molecule is Cc1nc(-c2ncc[nH]2)nc(C)c1C(C)C(=O)O. The first-order chi connectivity index (χ1) is 8.50. The summed E-state index contributed by atoms with van der Waals surface area (Å²) in [5.41, 5.74) is 2.01. The maximum atomic E-state index is 11.0. The molecule has 2 N–H and O–H groups in total. The van der Waals surface area contributed by atoms with Crippen LogP contribution < -0.4 is 0 Å². The number of nitrogens with one attached hydrogen (secondary N) is 1. The topological polar surface area (TPSA) is 91.8 Å². The molecule has 0 saturated heterocycles. The van der Waals surface area contributed by atoms with Gasteiger partial charge in [0, 0.05) is 29.3 Å². The van der Waals surface area contributed by atoms with Gasteiger partial charge in [0.1, 0.15) is 0 Å². The van der Waals surface area contributed by atoms with Crippen LogP contribution in [0.3, 0.4) is 0 Å². The van der Waals surface area contributed by atoms with Crippen LogP contribution in [-0.4, -0.2) is 31.0 Å². The van der Waals surface area contributed by atoms with Gasteiger partial charge in [-0.2, -0.15) is 0 Å². The second-order valence-corrected chi connectivity index (χ2v) is 4.13. The molecule has 2 rings (SSSR count). The highest BCUT2D eigenvalue weighted by atomic mass is 16.4. The van der Waals surface area contributed by atoms with E-state index in [1.165, 1.54) is 0 Å². The van der Waals surface area contributed by atoms with Crippen LogP contribution in [0.25, 0.3) is 11.6 Å². The van der Waals surface area contributed by atoms with Gasteiger partial charge < -0.3 is 10.1 Å². The molecule has 0 aromatic carbocycles. The van der Waals surface area contributed by atoms with E-state index >= 15 is 0 Å². The molecule has 2 aromatic rings. The van der Waals surface area contributed by atoms with Crippen molar-refractivity contribution in [2.24, 2.45) is 0 Å². The van der Waals surface area contributed by atoms with Gasteiger partial charge in [-0.3, -0.25) is 4.79 Å². The first kappa shape index (κ1) is 12.2. The maximum absolute atomic E-state index is 11.0. The number of carboxylic acid groups (broad SMARTS) is 1. The van der Waals surface area contributed by atoms with E-state index in [9.17, 15) is 4.79 Å². The van der Waals surface area contributed by atoms with Crippen molar-refractivity contribution >= 4 is 5.97 Å². The Balaban J connectivity index is 2.51. The molecule has 6 nitrogen and oxygen atoms in total. The number of aromatic amines is 1. The van der Waals surface area contributed by atoms with E-state index in [1.807, 2.05) is 0 Å². The van der Waals surface area contributed by atoms with Crippen molar-refractivity contribution < 1.29 is 9.90 Å². The van der Waals surface area contributed by atoms with E-state index in [0.29, 0.717) is 28.6 Å². The summed E-state index contributed by atoms with van der Waals surface area (Å²) in [6.07, 6.45) is 3.31. The number of hydrogen-bond acceptors (Lipinski definition) is 4. The van der Waals surface area contributed by atoms with Gasteiger partial charge in [0.15, 0.2) is 11.6 Å². The summed E-state index contributed by atoms with van der Waals surface area (Å²) in [4.78, 5) is 26.7. The molecular weight excluding hydrogens is 232 g/mol. The predicted molar refractivity (Wildman–Crippen MR) is 65.1 cm³/mol. The molecule has 0 aliphatic carbocycles. The van der Waals surface area contributed by atoms with Crippen molar-refractivity contribution in [2.75, 3.05) is 0 Å². The van der Waals surface area contributed by atoms with Crippen LogP contribution in [0.15, 0.2) is 12.4 Å². The molecule has 2 heterocycles. The van der Waals surface area contributed by atoms with Crippen LogP contribution in [0.1, 0.15) is 29.8 Å². The van der Waals surface area contributed by atoms with Crippen molar-refractivity contribution in [1.29, 1.82) is 0 Å². The minimum atomic E-state index is -0.879. The molecule has 6 heteroatoms. The molecule has 0 aliphatic rings. The fraction of sp³-hybridized carbons (Fsp3) is 0.333. The number of carboxylic acids is 1. The monoisotopic (exact) mass is 246 g/mol. The summed E-state index contributed by atoms with van der Waals surface area (Å²) in [6, 6.07) is 0. The Bertz CT molecular complexity index is 555. The Morgan fingerprint density at radius 2 is 1.94 bits per heavy atom. The molecular formula is C12H14N4O2. The number of aromatic nitrogens is 4. The number of rotatable bonds is 3. The molecule has 94 valence electrons. The number of aryl methyl sites for hydroxylation is 2. The fourth-order valence-corrected chi connectivity index (χ4v) is 1.97. The summed E-state index contributed by atoms with van der Waals surface area (Å²) >= 11 is 0. The van der Waals surface area contributed by atoms with Gasteiger partial charge in [-0.25, -0.2) is 15.0 Å². The van der Waals surface area contributed by atoms with E-state index in [0.717, 1.165) is 0 Å². The van der Waals surface area contributed by atoms with Gasteiger partial charge in [-0.05, 0) is 20.8 Å². The van der Waals surface area contributed by atoms with Gasteiger partial charge in [-0.15, -0.1) is 0 Å². The lowest BCUT2D eigenvalue weighted by molar-refractivity contribution is -0.138. The number of aliphatic carboxylic acids is 1. The standard InChI is InChI=1S/C12H14N4O2/c1-6(12(17)18)9-7(2)15-11(16-8(9)3)10-13-4-5-14-10/h4-6H,1-3H3,(H,13,14)(H,17,18). The minimum Gasteiger partial charge on any atom is -0.481 e. The van der Waals surface area contributed by atoms with Crippen LogP contribution in [0.5, 0.6) is 0 Å². The van der Waals surface area contributed by atoms with Crippen molar-refractivity contribution in [1.82, 2.24) is 19.9 Å². The number of carbonyl (C=O) groups is 1. The number of imidazole rings is 1. The van der Waals surface area contributed by atoms with Crippen LogP contribution in [0.2, 0.25) is 0 Å². The highest BCUT2D eigenvalue weighted by molar-refractivity contribution is 5.76. The van der Waals surface area contributed by atoms with Gasteiger partial charge in [0.2, 0.25) is 0 Å². The predicted octanol–water partition coefficient (Wildman–Crippen LogP) is 1.67. The third-order valence-electron chi connectivity index (χ3n) is 2.84. The highest BCUT2D eigenvalue weighted by Crippen LogP contribution is 2.23. The Morgan fingerprint density at radius 3 is 2.39 bits per heavy atom. The molecule has 0 spiro atoms. The average Bonchev–Trinajstić information content (AvgIpc) is 2.80. The fourth-order valence-electron chi connectivity index (χ4n) is 1.97. The van der Waals surface area contributed by atoms with Crippen molar-refractivity contribution in [3.63, 3.8) is 0 Å². The molecule has 0 bridgehead atoms. The average molecular weight is 246 g/mol. The molecule has 0 fully saturated rings. The van der Waals surface area contributed by atoms with E-state index < -0.39 is 11.9 Å². The number of nitrogens with zero attached hydrogens (tertiary/aromatic N) is 3. The lowest BCUT2D eigenvalue weighted by Crippen LogP contribution is -2.13. The summed E-state index contributed by atoms with van der Waals surface area (Å²) in [5.74, 6) is -0.432. The van der Waals surface area contributed by atoms with E-state index in [2.05, 4.69) is 19.9 Å². The molecule has 0 saturated carbocycles. The molecule has 1 atom stereocenters. The smallest absolute Gasteiger partial charge is 0.310 e. The van der Waals surface area contributed by atoms with Gasteiger partial charge in [0.05, 0.1) is 5.92 Å². The number of H-pyrrole nitrogens is 1. The maximum Gasteiger partial charge on any atom is 0.310 e. The first-order valence-electron chi connectivity index (χ1n) is 5.58. The largest absolute Gasteiger partial charge is 0.481 e. The quantitative estimate of drug-likeness (QED) is 0.859. The Kier molecular flexibility index (Phi) is 3.10. The lowest BCUT2D eigenvalue weighted by Gasteiger charge is -2.13. The van der Waals surface area contributed by atoms with Crippen LogP contribution in [0, 0.1) is 13.8 Å². The highest BCUT2D eigenvalue weighted by Gasteiger charge is 2.21. The minimum absolute atomic E-state index is 0.483. The van der Waals surface area contributed by atoms with Crippen molar-refractivity contribution in [3.8, 4) is 11.6 Å². The summed E-state index contributed by atoms with van der Waals surface area (Å²) in [5, 5.41) is 9.06. The molecule has 0 amide bonds. The first-order valence-corrected chi connectivity index (χ1v) is 5.58. The number of hydrogen-bond donors (Lipinski definition) is 2. The second kappa shape index (κ2) is 4.56. The van der Waals surface area contributed by atoms with Crippen LogP contribution >= 0.6 is 0 Å². The van der Waals surface area contributed by atoms with Gasteiger partial charge in [-0.1, -0.05) is 0 Å². The van der Waals surface area contributed by atoms with E-state index in [1.54, 1.807) is 33.2 Å². The molecule has 18 heavy (non-hydrogen) atoms. The zero-order chi connectivity index (χ0) is 13.3. The third kappa shape index (κ3) is 2.09. The molecule has 1 unspecified atom stereocenters. The zero-order valence-corrected chi connectivity index (χ0v) is 10.4. The molecule has 2 aromatic heterocycles. The van der Waals surface area contributed by atoms with Gasteiger partial charge >= 0.3 is 5.97 Å². The van der Waals surface area contributed by atoms with Crippen LogP contribution in [0.4, 0.5) is 0 Å². The molecule has 0 radical (unpaired) electrons. The normalized spacial score (nSPS) is 12.4. The Labute approximate surface area is 104 Å². The second-order valence-electron chi connectivity index (χ2n) is 4.13. The van der Waals surface area contributed by atoms with Crippen molar-refractivity contribution in [2.45, 2.75) is 26.7 Å². The van der Waals surface area contributed by atoms with Crippen LogP contribution in [-0.2, 0) is 4.79 Å².